The molecule has 1 aromatic rings. The van der Waals surface area contributed by atoms with Crippen LogP contribution in [-0.4, -0.2) is 28.4 Å². The lowest BCUT2D eigenvalue weighted by Crippen LogP contribution is -2.43. The summed E-state index contributed by atoms with van der Waals surface area (Å²) in [6.07, 6.45) is 37.6. The summed E-state index contributed by atoms with van der Waals surface area (Å²) in [7, 11) is 0. The van der Waals surface area contributed by atoms with Gasteiger partial charge < -0.3 is 10.6 Å². The van der Waals surface area contributed by atoms with Crippen molar-refractivity contribution in [1.82, 2.24) is 9.88 Å². The van der Waals surface area contributed by atoms with E-state index < -0.39 is 0 Å². The third kappa shape index (κ3) is 12.9. The van der Waals surface area contributed by atoms with Crippen molar-refractivity contribution in [3.63, 3.8) is 0 Å². The van der Waals surface area contributed by atoms with Gasteiger partial charge in [0.1, 0.15) is 0 Å². The zero-order valence-electron chi connectivity index (χ0n) is 23.0. The molecule has 1 heterocycles. The average Bonchev–Trinajstić information content (AvgIpc) is 3.27. The van der Waals surface area contributed by atoms with Crippen LogP contribution in [0.15, 0.2) is 72.9 Å². The number of nitrogens with two attached hydrogens (primary N) is 1. The van der Waals surface area contributed by atoms with Crippen LogP contribution in [0, 0.1) is 0 Å². The van der Waals surface area contributed by atoms with Crippen LogP contribution in [0.4, 0.5) is 5.13 Å². The number of allylic oxidation sites excluding steroid dienone is 12. The van der Waals surface area contributed by atoms with Gasteiger partial charge in [0, 0.05) is 30.3 Å². The van der Waals surface area contributed by atoms with Crippen molar-refractivity contribution >= 4 is 22.4 Å². The minimum atomic E-state index is 0.271. The zero-order valence-corrected chi connectivity index (χ0v) is 23.8. The van der Waals surface area contributed by atoms with Crippen molar-refractivity contribution in [3.8, 4) is 0 Å². The molecule has 0 saturated carbocycles. The zero-order chi connectivity index (χ0) is 26.6. The van der Waals surface area contributed by atoms with Gasteiger partial charge in [0.05, 0.1) is 5.69 Å². The molecule has 0 aromatic carbocycles. The Balaban J connectivity index is 1.57. The molecule has 0 spiro atoms. The molecule has 1 amide bonds. The fourth-order valence-electron chi connectivity index (χ4n) is 4.39. The van der Waals surface area contributed by atoms with E-state index in [0.717, 1.165) is 82.9 Å². The number of rotatable bonds is 17. The first-order valence-corrected chi connectivity index (χ1v) is 14.9. The molecule has 4 nitrogen and oxygen atoms in total. The van der Waals surface area contributed by atoms with Crippen LogP contribution in [0.3, 0.4) is 0 Å². The van der Waals surface area contributed by atoms with E-state index in [4.69, 9.17) is 5.73 Å². The smallest absolute Gasteiger partial charge is 0.223 e. The van der Waals surface area contributed by atoms with Crippen molar-refractivity contribution in [3.05, 3.63) is 83.5 Å². The second-order valence-electron chi connectivity index (χ2n) is 9.36. The average molecular weight is 522 g/mol. The third-order valence-corrected chi connectivity index (χ3v) is 7.23. The van der Waals surface area contributed by atoms with Crippen LogP contribution in [-0.2, 0) is 17.6 Å². The molecule has 1 atom stereocenters. The maximum absolute atomic E-state index is 13.0. The number of carbonyl (C=O) groups is 1. The highest BCUT2D eigenvalue weighted by Gasteiger charge is 2.28. The molecule has 37 heavy (non-hydrogen) atoms. The molecule has 0 aliphatic heterocycles. The topological polar surface area (TPSA) is 59.2 Å². The van der Waals surface area contributed by atoms with E-state index in [1.165, 1.54) is 4.88 Å². The lowest BCUT2D eigenvalue weighted by molar-refractivity contribution is -0.133. The Morgan fingerprint density at radius 2 is 1.43 bits per heavy atom. The number of fused-ring (bicyclic) bond motifs is 1. The summed E-state index contributed by atoms with van der Waals surface area (Å²) in [4.78, 5) is 20.8. The number of hydrogen-bond donors (Lipinski definition) is 1. The first kappa shape index (κ1) is 30.6. The Morgan fingerprint density at radius 3 is 1.97 bits per heavy atom. The van der Waals surface area contributed by atoms with Crippen molar-refractivity contribution in [2.75, 3.05) is 12.3 Å². The first-order chi connectivity index (χ1) is 18.2. The van der Waals surface area contributed by atoms with Crippen molar-refractivity contribution < 1.29 is 4.79 Å². The summed E-state index contributed by atoms with van der Waals surface area (Å²) in [5.41, 5.74) is 7.03. The number of nitrogen functional groups attached to an aromatic ring is 1. The number of hydrogen-bond acceptors (Lipinski definition) is 4. The minimum absolute atomic E-state index is 0.271. The number of thiazole rings is 1. The van der Waals surface area contributed by atoms with Gasteiger partial charge in [-0.25, -0.2) is 4.98 Å². The first-order valence-electron chi connectivity index (χ1n) is 14.1. The molecule has 5 heteroatoms. The molecule has 0 bridgehead atoms. The Kier molecular flexibility index (Phi) is 16.1. The standard InChI is InChI=1S/C32H47N3OS/c1-3-5-6-7-8-9-10-11-12-13-14-15-16-17-18-19-20-21-22-23-31(36)35(26-4-2)28-24-25-29-30(27-28)37-32(33)34-29/h5-6,8-9,11-12,14-15,17-18,20-21,28H,3-4,7,10,13,16,19,22-27H2,1-2H3,(H2,33,34)/b6-5-,9-8-,12-11-,15-14-,18-17-,21-20-/t28-/m1/s1. The van der Waals surface area contributed by atoms with E-state index in [9.17, 15) is 4.79 Å². The summed E-state index contributed by atoms with van der Waals surface area (Å²) >= 11 is 1.58. The van der Waals surface area contributed by atoms with Crippen LogP contribution in [0.25, 0.3) is 0 Å². The highest BCUT2D eigenvalue weighted by atomic mass is 32.1. The molecular formula is C32H47N3OS. The Morgan fingerprint density at radius 1 is 0.892 bits per heavy atom. The fraction of sp³-hybridized carbons (Fsp3) is 0.500. The highest BCUT2D eigenvalue weighted by Crippen LogP contribution is 2.30. The van der Waals surface area contributed by atoms with Crippen molar-refractivity contribution in [2.24, 2.45) is 0 Å². The summed E-state index contributed by atoms with van der Waals surface area (Å²) < 4.78 is 0. The van der Waals surface area contributed by atoms with Gasteiger partial charge in [-0.3, -0.25) is 4.79 Å². The third-order valence-electron chi connectivity index (χ3n) is 6.28. The van der Waals surface area contributed by atoms with E-state index in [1.54, 1.807) is 11.3 Å². The quantitative estimate of drug-likeness (QED) is 0.210. The van der Waals surface area contributed by atoms with Crippen LogP contribution in [0.2, 0.25) is 0 Å². The number of nitrogens with zero attached hydrogens (tertiary/aromatic N) is 2. The Labute approximate surface area is 229 Å². The van der Waals surface area contributed by atoms with Gasteiger partial charge in [0.15, 0.2) is 5.13 Å². The van der Waals surface area contributed by atoms with E-state index in [0.29, 0.717) is 11.6 Å². The van der Waals surface area contributed by atoms with Gasteiger partial charge in [0.2, 0.25) is 5.91 Å². The summed E-state index contributed by atoms with van der Waals surface area (Å²) in [5, 5.41) is 0.650. The molecule has 2 rings (SSSR count). The molecule has 0 radical (unpaired) electrons. The number of carbonyl (C=O) groups excluding carboxylic acids is 1. The number of aryl methyl sites for hydroxylation is 1. The lowest BCUT2D eigenvalue weighted by atomic mass is 9.95. The van der Waals surface area contributed by atoms with Crippen LogP contribution in [0.5, 0.6) is 0 Å². The summed E-state index contributed by atoms with van der Waals surface area (Å²) in [5.74, 6) is 0.271. The number of anilines is 1. The predicted octanol–water partition coefficient (Wildman–Crippen LogP) is 8.30. The normalized spacial score (nSPS) is 16.4. The maximum Gasteiger partial charge on any atom is 0.223 e. The fourth-order valence-corrected chi connectivity index (χ4v) is 5.33. The molecule has 202 valence electrons. The van der Waals surface area contributed by atoms with Crippen molar-refractivity contribution in [2.45, 2.75) is 96.9 Å². The van der Waals surface area contributed by atoms with Crippen LogP contribution < -0.4 is 5.73 Å². The monoisotopic (exact) mass is 521 g/mol. The predicted molar refractivity (Wildman–Crippen MR) is 162 cm³/mol. The molecule has 0 saturated heterocycles. The Hall–Kier alpha value is -2.66. The molecule has 1 aromatic heterocycles. The molecule has 0 unspecified atom stereocenters. The minimum Gasteiger partial charge on any atom is -0.375 e. The molecule has 1 aliphatic carbocycles. The molecular weight excluding hydrogens is 474 g/mol. The highest BCUT2D eigenvalue weighted by molar-refractivity contribution is 7.15. The van der Waals surface area contributed by atoms with Crippen LogP contribution >= 0.6 is 11.3 Å². The SMILES string of the molecule is CC/C=C\C/C=C\C/C=C\C/C=C\C/C=C\C/C=C\CCC(=O)N(CCC)[C@@H]1CCc2nc(N)sc2C1. The Bertz CT molecular complexity index is 951. The lowest BCUT2D eigenvalue weighted by Gasteiger charge is -2.34. The maximum atomic E-state index is 13.0. The second-order valence-corrected chi connectivity index (χ2v) is 10.5. The van der Waals surface area contributed by atoms with Crippen LogP contribution in [0.1, 0.15) is 88.6 Å². The van der Waals surface area contributed by atoms with Gasteiger partial charge in [-0.1, -0.05) is 86.8 Å². The molecule has 2 N–H and O–H groups in total. The molecule has 1 aliphatic rings. The number of aromatic nitrogens is 1. The van der Waals surface area contributed by atoms with E-state index in [1.807, 2.05) is 0 Å². The van der Waals surface area contributed by atoms with Gasteiger partial charge >= 0.3 is 0 Å². The van der Waals surface area contributed by atoms with Gasteiger partial charge in [-0.05, 0) is 64.2 Å². The van der Waals surface area contributed by atoms with Gasteiger partial charge in [-0.2, -0.15) is 0 Å². The van der Waals surface area contributed by atoms with Gasteiger partial charge in [0.25, 0.3) is 0 Å². The van der Waals surface area contributed by atoms with E-state index in [-0.39, 0.29) is 11.9 Å². The van der Waals surface area contributed by atoms with Gasteiger partial charge in [-0.15, -0.1) is 11.3 Å². The van der Waals surface area contributed by atoms with E-state index >= 15 is 0 Å². The summed E-state index contributed by atoms with van der Waals surface area (Å²) in [6, 6.07) is 0.282. The van der Waals surface area contributed by atoms with Crippen molar-refractivity contribution in [1.29, 1.82) is 0 Å². The van der Waals surface area contributed by atoms with E-state index in [2.05, 4.69) is 96.6 Å². The number of amides is 1. The summed E-state index contributed by atoms with van der Waals surface area (Å²) in [6.45, 7) is 5.13. The second kappa shape index (κ2) is 19.5. The molecule has 0 fully saturated rings. The largest absolute Gasteiger partial charge is 0.375 e.